The summed E-state index contributed by atoms with van der Waals surface area (Å²) in [5.41, 5.74) is 0. The third kappa shape index (κ3) is 27.5. The van der Waals surface area contributed by atoms with E-state index in [0.29, 0.717) is 32.8 Å². The first-order chi connectivity index (χ1) is 21.7. The number of carbonyl (C=O) groups is 5. The number of nitrogens with zero attached hydrogens (tertiary/aromatic N) is 6. The van der Waals surface area contributed by atoms with E-state index in [1.54, 1.807) is 54.4 Å². The highest BCUT2D eigenvalue weighted by molar-refractivity contribution is 5.85. The van der Waals surface area contributed by atoms with Gasteiger partial charge in [-0.15, -0.1) is 0 Å². The van der Waals surface area contributed by atoms with Gasteiger partial charge >= 0.3 is 0 Å². The number of hydrogen-bond acceptors (Lipinski definition) is 9. The van der Waals surface area contributed by atoms with Crippen molar-refractivity contribution in [2.75, 3.05) is 102 Å². The minimum atomic E-state index is -0.0588. The Balaban J connectivity index is -0.000000265. The Bertz CT molecular complexity index is 911. The van der Waals surface area contributed by atoms with Crippen LogP contribution in [-0.4, -0.2) is 161 Å². The van der Waals surface area contributed by atoms with Crippen molar-refractivity contribution >= 4 is 29.5 Å². The fourth-order valence-corrected chi connectivity index (χ4v) is 3.29. The summed E-state index contributed by atoms with van der Waals surface area (Å²) in [6.07, 6.45) is 0. The Morgan fingerprint density at radius 3 is 1.28 bits per heavy atom. The van der Waals surface area contributed by atoms with Crippen molar-refractivity contribution in [2.45, 2.75) is 55.4 Å². The third-order valence-electron chi connectivity index (χ3n) is 6.16. The molecule has 47 heavy (non-hydrogen) atoms. The van der Waals surface area contributed by atoms with E-state index in [0.717, 1.165) is 0 Å². The number of likely N-dealkylation sites (N-methyl/N-ethyl adjacent to an activating group) is 3. The molecular weight excluding hydrogens is 608 g/mol. The SMILES string of the molecule is CC(C)C(=O)N(C)CC#N.CC(C)C(=O)N(C)CC(=O)N(C)C.CC(C)C(=O)N(C)CCO.COCCN(CCOC)C(=O)C(C)C. The quantitative estimate of drug-likeness (QED) is 0.255. The van der Waals surface area contributed by atoms with Crippen LogP contribution in [0.1, 0.15) is 55.4 Å². The lowest BCUT2D eigenvalue weighted by Gasteiger charge is -2.23. The fourth-order valence-electron chi connectivity index (χ4n) is 3.29. The third-order valence-corrected chi connectivity index (χ3v) is 6.16. The number of amides is 5. The molecule has 0 aromatic rings. The molecule has 14 heteroatoms. The van der Waals surface area contributed by atoms with Crippen LogP contribution in [0.3, 0.4) is 0 Å². The lowest BCUT2D eigenvalue weighted by atomic mass is 10.2. The highest BCUT2D eigenvalue weighted by Crippen LogP contribution is 2.02. The van der Waals surface area contributed by atoms with E-state index in [1.807, 2.05) is 61.5 Å². The van der Waals surface area contributed by atoms with Crippen LogP contribution in [-0.2, 0) is 33.4 Å². The summed E-state index contributed by atoms with van der Waals surface area (Å²) in [5.74, 6) is 0.167. The predicted molar refractivity (Wildman–Crippen MR) is 184 cm³/mol. The van der Waals surface area contributed by atoms with Crippen molar-refractivity contribution in [1.82, 2.24) is 24.5 Å². The van der Waals surface area contributed by atoms with E-state index in [-0.39, 0.29) is 72.9 Å². The molecule has 0 aromatic heterocycles. The maximum absolute atomic E-state index is 11.7. The molecule has 0 saturated heterocycles. The van der Waals surface area contributed by atoms with E-state index in [2.05, 4.69) is 0 Å². The molecule has 0 aliphatic rings. The van der Waals surface area contributed by atoms with Gasteiger partial charge in [-0.05, 0) is 0 Å². The molecule has 0 aromatic carbocycles. The zero-order valence-corrected chi connectivity index (χ0v) is 32.0. The molecule has 0 spiro atoms. The Labute approximate surface area is 284 Å². The van der Waals surface area contributed by atoms with Gasteiger partial charge in [0, 0.05) is 92.8 Å². The summed E-state index contributed by atoms with van der Waals surface area (Å²) in [4.78, 5) is 63.9. The van der Waals surface area contributed by atoms with Crippen LogP contribution in [0.2, 0.25) is 0 Å². The molecule has 0 fully saturated rings. The van der Waals surface area contributed by atoms with Gasteiger partial charge in [0.05, 0.1) is 32.4 Å². The van der Waals surface area contributed by atoms with Crippen molar-refractivity contribution in [3.63, 3.8) is 0 Å². The van der Waals surface area contributed by atoms with Crippen molar-refractivity contribution in [3.05, 3.63) is 0 Å². The summed E-state index contributed by atoms with van der Waals surface area (Å²) >= 11 is 0. The number of aliphatic hydroxyl groups is 1. The molecule has 14 nitrogen and oxygen atoms in total. The first kappa shape index (κ1) is 50.6. The highest BCUT2D eigenvalue weighted by atomic mass is 16.5. The highest BCUT2D eigenvalue weighted by Gasteiger charge is 2.17. The topological polar surface area (TPSA) is 164 Å². The zero-order valence-electron chi connectivity index (χ0n) is 32.0. The van der Waals surface area contributed by atoms with E-state index in [9.17, 15) is 24.0 Å². The molecule has 0 radical (unpaired) electrons. The summed E-state index contributed by atoms with van der Waals surface area (Å²) < 4.78 is 9.89. The number of rotatable bonds is 15. The average Bonchev–Trinajstić information content (AvgIpc) is 3.00. The Kier molecular flexibility index (Phi) is 32.4. The largest absolute Gasteiger partial charge is 0.395 e. The summed E-state index contributed by atoms with van der Waals surface area (Å²) in [5, 5.41) is 16.7. The molecule has 0 saturated carbocycles. The maximum atomic E-state index is 11.7. The van der Waals surface area contributed by atoms with E-state index < -0.39 is 0 Å². The van der Waals surface area contributed by atoms with Gasteiger partial charge in [0.15, 0.2) is 0 Å². The van der Waals surface area contributed by atoms with Gasteiger partial charge in [-0.3, -0.25) is 24.0 Å². The van der Waals surface area contributed by atoms with Gasteiger partial charge in [-0.25, -0.2) is 0 Å². The first-order valence-electron chi connectivity index (χ1n) is 15.9. The molecule has 0 aliphatic heterocycles. The summed E-state index contributed by atoms with van der Waals surface area (Å²) in [7, 11) is 11.6. The maximum Gasteiger partial charge on any atom is 0.241 e. The van der Waals surface area contributed by atoms with Gasteiger partial charge in [-0.1, -0.05) is 55.4 Å². The van der Waals surface area contributed by atoms with Gasteiger partial charge in [0.25, 0.3) is 0 Å². The minimum Gasteiger partial charge on any atom is -0.395 e. The lowest BCUT2D eigenvalue weighted by molar-refractivity contribution is -0.139. The van der Waals surface area contributed by atoms with Crippen LogP contribution in [0.5, 0.6) is 0 Å². The number of nitriles is 1. The normalized spacial score (nSPS) is 10.0. The molecule has 0 aliphatic carbocycles. The Hall–Kier alpha value is -3.28. The first-order valence-corrected chi connectivity index (χ1v) is 15.9. The number of methoxy groups -OCH3 is 2. The van der Waals surface area contributed by atoms with E-state index in [1.165, 1.54) is 19.6 Å². The van der Waals surface area contributed by atoms with Crippen molar-refractivity contribution in [3.8, 4) is 6.07 Å². The molecular formula is C33H66N6O8. The number of ether oxygens (including phenoxy) is 2. The van der Waals surface area contributed by atoms with Crippen LogP contribution in [0.15, 0.2) is 0 Å². The van der Waals surface area contributed by atoms with Crippen LogP contribution in [0.25, 0.3) is 0 Å². The van der Waals surface area contributed by atoms with E-state index in [4.69, 9.17) is 19.8 Å². The van der Waals surface area contributed by atoms with Gasteiger partial charge in [-0.2, -0.15) is 5.26 Å². The van der Waals surface area contributed by atoms with Crippen molar-refractivity contribution < 1.29 is 38.6 Å². The summed E-state index contributed by atoms with van der Waals surface area (Å²) in [6.45, 7) is 18.0. The number of hydrogen-bond donors (Lipinski definition) is 1. The molecule has 5 amide bonds. The van der Waals surface area contributed by atoms with Gasteiger partial charge < -0.3 is 39.1 Å². The number of carbonyl (C=O) groups excluding carboxylic acids is 5. The smallest absolute Gasteiger partial charge is 0.241 e. The Morgan fingerprint density at radius 1 is 0.617 bits per heavy atom. The second-order valence-corrected chi connectivity index (χ2v) is 12.2. The number of aliphatic hydroxyl groups excluding tert-OH is 1. The second-order valence-electron chi connectivity index (χ2n) is 12.2. The minimum absolute atomic E-state index is 0.00444. The van der Waals surface area contributed by atoms with Crippen molar-refractivity contribution in [1.29, 1.82) is 5.26 Å². The van der Waals surface area contributed by atoms with Gasteiger partial charge in [0.1, 0.15) is 6.54 Å². The van der Waals surface area contributed by atoms with Crippen LogP contribution >= 0.6 is 0 Å². The Morgan fingerprint density at radius 2 is 0.979 bits per heavy atom. The monoisotopic (exact) mass is 674 g/mol. The lowest BCUT2D eigenvalue weighted by Crippen LogP contribution is -2.39. The van der Waals surface area contributed by atoms with E-state index >= 15 is 0 Å². The van der Waals surface area contributed by atoms with Crippen LogP contribution in [0.4, 0.5) is 0 Å². The molecule has 0 heterocycles. The van der Waals surface area contributed by atoms with Crippen LogP contribution in [0, 0.1) is 35.0 Å². The predicted octanol–water partition coefficient (Wildman–Crippen LogP) is 1.67. The zero-order chi connectivity index (χ0) is 37.9. The van der Waals surface area contributed by atoms with Gasteiger partial charge in [0.2, 0.25) is 29.5 Å². The second kappa shape index (κ2) is 30.1. The molecule has 0 atom stereocenters. The molecule has 0 bridgehead atoms. The molecule has 276 valence electrons. The van der Waals surface area contributed by atoms with Crippen molar-refractivity contribution in [2.24, 2.45) is 23.7 Å². The summed E-state index contributed by atoms with van der Waals surface area (Å²) in [6, 6.07) is 1.91. The fraction of sp³-hybridized carbons (Fsp3) is 0.818. The van der Waals surface area contributed by atoms with Crippen LogP contribution < -0.4 is 0 Å². The molecule has 1 N–H and O–H groups in total. The average molecular weight is 675 g/mol. The standard InChI is InChI=1S/C10H21NO3.C9H18N2O2.C7H12N2O.C7H15NO2/c1-9(2)10(12)11(5-7-13-3)6-8-14-4;1-7(2)9(13)11(5)6-8(12)10(3)4;1-6(2)7(10)9(3)5-4-8;1-6(2)7(10)8(3)4-5-9/h9H,5-8H2,1-4H3;7H,6H2,1-5H3;6H,5H2,1-3H3;6,9H,4-5H2,1-3H3. The molecule has 0 rings (SSSR count). The molecule has 0 unspecified atom stereocenters.